The monoisotopic (exact) mass is 367 g/mol. The molecular weight excluding hydrogens is 350 g/mol. The topological polar surface area (TPSA) is 64.0 Å². The Balaban J connectivity index is 1.73. The van der Waals surface area contributed by atoms with Gasteiger partial charge in [0.05, 0.1) is 5.69 Å². The van der Waals surface area contributed by atoms with Gasteiger partial charge in [0.2, 0.25) is 0 Å². The molecule has 3 rings (SSSR count). The van der Waals surface area contributed by atoms with E-state index in [9.17, 15) is 9.59 Å². The van der Waals surface area contributed by atoms with Gasteiger partial charge in [0, 0.05) is 17.1 Å². The van der Waals surface area contributed by atoms with E-state index in [1.165, 1.54) is 16.8 Å². The number of benzene rings is 2. The maximum absolute atomic E-state index is 12.5. The van der Waals surface area contributed by atoms with Crippen LogP contribution in [0.25, 0.3) is 5.69 Å². The quantitative estimate of drug-likeness (QED) is 0.752. The number of para-hydroxylation sites is 1. The molecule has 0 radical (unpaired) electrons. The Hall–Kier alpha value is -2.92. The van der Waals surface area contributed by atoms with Gasteiger partial charge in [0.1, 0.15) is 5.69 Å². The van der Waals surface area contributed by atoms with E-state index in [2.05, 4.69) is 10.4 Å². The predicted octanol–water partition coefficient (Wildman–Crippen LogP) is 3.25. The van der Waals surface area contributed by atoms with Crippen LogP contribution in [0.4, 0.5) is 0 Å². The van der Waals surface area contributed by atoms with Gasteiger partial charge in [-0.25, -0.2) is 0 Å². The van der Waals surface area contributed by atoms with Crippen LogP contribution in [0.3, 0.4) is 0 Å². The lowest BCUT2D eigenvalue weighted by molar-refractivity contribution is 0.0933. The van der Waals surface area contributed by atoms with Crippen LogP contribution in [0, 0.1) is 0 Å². The smallest absolute Gasteiger partial charge is 0.271 e. The lowest BCUT2D eigenvalue weighted by Gasteiger charge is -2.14. The van der Waals surface area contributed by atoms with E-state index in [0.29, 0.717) is 17.1 Å². The van der Waals surface area contributed by atoms with Crippen molar-refractivity contribution >= 4 is 17.5 Å². The molecule has 2 aromatic carbocycles. The van der Waals surface area contributed by atoms with Crippen molar-refractivity contribution in [3.05, 3.63) is 93.4 Å². The number of amides is 1. The normalized spacial score (nSPS) is 11.8. The van der Waals surface area contributed by atoms with Crippen LogP contribution in [-0.2, 0) is 6.42 Å². The molecular formula is C20H18ClN3O2. The van der Waals surface area contributed by atoms with E-state index >= 15 is 0 Å². The summed E-state index contributed by atoms with van der Waals surface area (Å²) in [4.78, 5) is 24.5. The van der Waals surface area contributed by atoms with Crippen molar-refractivity contribution in [2.75, 3.05) is 0 Å². The molecule has 132 valence electrons. The molecule has 0 aliphatic heterocycles. The molecule has 0 bridgehead atoms. The zero-order valence-electron chi connectivity index (χ0n) is 14.2. The highest BCUT2D eigenvalue weighted by atomic mass is 35.5. The van der Waals surface area contributed by atoms with Crippen molar-refractivity contribution in [3.8, 4) is 5.69 Å². The van der Waals surface area contributed by atoms with Crippen LogP contribution >= 0.6 is 11.6 Å². The third kappa shape index (κ3) is 4.37. The van der Waals surface area contributed by atoms with Gasteiger partial charge in [0.25, 0.3) is 11.5 Å². The van der Waals surface area contributed by atoms with Crippen LogP contribution in [0.5, 0.6) is 0 Å². The highest BCUT2D eigenvalue weighted by Crippen LogP contribution is 2.11. The van der Waals surface area contributed by atoms with E-state index in [1.54, 1.807) is 12.1 Å². The van der Waals surface area contributed by atoms with Crippen molar-refractivity contribution in [3.63, 3.8) is 0 Å². The lowest BCUT2D eigenvalue weighted by Crippen LogP contribution is -2.36. The summed E-state index contributed by atoms with van der Waals surface area (Å²) in [7, 11) is 0. The first-order valence-electron chi connectivity index (χ1n) is 8.24. The van der Waals surface area contributed by atoms with Crippen molar-refractivity contribution in [2.24, 2.45) is 0 Å². The highest BCUT2D eigenvalue weighted by Gasteiger charge is 2.13. The van der Waals surface area contributed by atoms with E-state index in [4.69, 9.17) is 11.6 Å². The van der Waals surface area contributed by atoms with Gasteiger partial charge in [-0.15, -0.1) is 0 Å². The largest absolute Gasteiger partial charge is 0.348 e. The Morgan fingerprint density at radius 1 is 1.08 bits per heavy atom. The standard InChI is InChI=1S/C20H18ClN3O2/c1-14(13-15-7-9-16(21)10-8-15)22-20(26)18-11-12-19(25)24(23-18)17-5-3-2-4-6-17/h2-12,14H,13H2,1H3,(H,22,26)/t14-/m0/s1. The zero-order valence-corrected chi connectivity index (χ0v) is 15.0. The number of halogens is 1. The Kier molecular flexibility index (Phi) is 5.49. The number of hydrogen-bond donors (Lipinski definition) is 1. The number of hydrogen-bond acceptors (Lipinski definition) is 3. The molecule has 6 heteroatoms. The first-order valence-corrected chi connectivity index (χ1v) is 8.62. The molecule has 0 saturated carbocycles. The van der Waals surface area contributed by atoms with Gasteiger partial charge in [-0.1, -0.05) is 41.9 Å². The summed E-state index contributed by atoms with van der Waals surface area (Å²) in [5, 5.41) is 7.77. The van der Waals surface area contributed by atoms with Crippen molar-refractivity contribution < 1.29 is 4.79 Å². The third-order valence-electron chi connectivity index (χ3n) is 3.87. The van der Waals surface area contributed by atoms with Gasteiger partial charge in [-0.2, -0.15) is 9.78 Å². The predicted molar refractivity (Wildman–Crippen MR) is 102 cm³/mol. The van der Waals surface area contributed by atoms with E-state index in [1.807, 2.05) is 49.4 Å². The highest BCUT2D eigenvalue weighted by molar-refractivity contribution is 6.30. The molecule has 1 N–H and O–H groups in total. The van der Waals surface area contributed by atoms with Gasteiger partial charge < -0.3 is 5.32 Å². The molecule has 0 aliphatic rings. The van der Waals surface area contributed by atoms with Crippen LogP contribution in [0.15, 0.2) is 71.5 Å². The minimum Gasteiger partial charge on any atom is -0.348 e. The van der Waals surface area contributed by atoms with E-state index < -0.39 is 0 Å². The Labute approximate surface area is 156 Å². The fourth-order valence-corrected chi connectivity index (χ4v) is 2.74. The van der Waals surface area contributed by atoms with E-state index in [0.717, 1.165) is 5.56 Å². The summed E-state index contributed by atoms with van der Waals surface area (Å²) in [5.41, 5.74) is 1.59. The van der Waals surface area contributed by atoms with Crippen LogP contribution in [-0.4, -0.2) is 21.7 Å². The molecule has 0 aliphatic carbocycles. The molecule has 0 fully saturated rings. The van der Waals surface area contributed by atoms with Crippen LogP contribution < -0.4 is 10.9 Å². The second kappa shape index (κ2) is 7.97. The summed E-state index contributed by atoms with van der Waals surface area (Å²) < 4.78 is 1.22. The molecule has 0 unspecified atom stereocenters. The van der Waals surface area contributed by atoms with Crippen molar-refractivity contribution in [1.29, 1.82) is 0 Å². The minimum absolute atomic E-state index is 0.0948. The molecule has 1 heterocycles. The number of nitrogens with zero attached hydrogens (tertiary/aromatic N) is 2. The zero-order chi connectivity index (χ0) is 18.5. The fourth-order valence-electron chi connectivity index (χ4n) is 2.61. The molecule has 1 aromatic heterocycles. The number of carbonyl (C=O) groups excluding carboxylic acids is 1. The van der Waals surface area contributed by atoms with Crippen molar-refractivity contribution in [2.45, 2.75) is 19.4 Å². The SMILES string of the molecule is C[C@@H](Cc1ccc(Cl)cc1)NC(=O)c1ccc(=O)n(-c2ccccc2)n1. The summed E-state index contributed by atoms with van der Waals surface area (Å²) in [6.07, 6.45) is 0.668. The second-order valence-corrected chi connectivity index (χ2v) is 6.45. The maximum atomic E-state index is 12.5. The van der Waals surface area contributed by atoms with Gasteiger partial charge in [-0.3, -0.25) is 9.59 Å². The summed E-state index contributed by atoms with van der Waals surface area (Å²) >= 11 is 5.88. The van der Waals surface area contributed by atoms with Crippen molar-refractivity contribution in [1.82, 2.24) is 15.1 Å². The molecule has 1 atom stereocenters. The summed E-state index contributed by atoms with van der Waals surface area (Å²) in [6.45, 7) is 1.92. The van der Waals surface area contributed by atoms with Gasteiger partial charge in [0.15, 0.2) is 0 Å². The molecule has 5 nitrogen and oxygen atoms in total. The maximum Gasteiger partial charge on any atom is 0.271 e. The third-order valence-corrected chi connectivity index (χ3v) is 4.12. The molecule has 26 heavy (non-hydrogen) atoms. The molecule has 0 saturated heterocycles. The first kappa shape index (κ1) is 17.9. The average molecular weight is 368 g/mol. The minimum atomic E-state index is -0.323. The fraction of sp³-hybridized carbons (Fsp3) is 0.150. The van der Waals surface area contributed by atoms with Crippen LogP contribution in [0.2, 0.25) is 5.02 Å². The number of nitrogens with one attached hydrogen (secondary N) is 1. The summed E-state index contributed by atoms with van der Waals surface area (Å²) in [5.74, 6) is -0.323. The Bertz CT molecular complexity index is 953. The molecule has 3 aromatic rings. The van der Waals surface area contributed by atoms with Crippen LogP contribution in [0.1, 0.15) is 23.0 Å². The first-order chi connectivity index (χ1) is 12.5. The van der Waals surface area contributed by atoms with E-state index in [-0.39, 0.29) is 23.2 Å². The number of aromatic nitrogens is 2. The number of carbonyl (C=O) groups is 1. The Morgan fingerprint density at radius 3 is 2.46 bits per heavy atom. The molecule has 0 spiro atoms. The van der Waals surface area contributed by atoms with Gasteiger partial charge >= 0.3 is 0 Å². The second-order valence-electron chi connectivity index (χ2n) is 6.01. The van der Waals surface area contributed by atoms with Gasteiger partial charge in [-0.05, 0) is 49.2 Å². The Morgan fingerprint density at radius 2 is 1.77 bits per heavy atom. The molecule has 1 amide bonds. The lowest BCUT2D eigenvalue weighted by atomic mass is 10.1. The number of rotatable bonds is 5. The summed E-state index contributed by atoms with van der Waals surface area (Å²) in [6, 6.07) is 19.2. The average Bonchev–Trinajstić information content (AvgIpc) is 2.64.